The number of aliphatic hydroxyl groups is 4. The van der Waals surface area contributed by atoms with Crippen LogP contribution >= 0.6 is 0 Å². The lowest BCUT2D eigenvalue weighted by molar-refractivity contribution is -0.164. The third-order valence-electron chi connectivity index (χ3n) is 4.24. The molecule has 1 saturated heterocycles. The third kappa shape index (κ3) is 2.41. The molecular weight excluding hydrogens is 325 g/mol. The summed E-state index contributed by atoms with van der Waals surface area (Å²) < 4.78 is 21.9. The van der Waals surface area contributed by atoms with Gasteiger partial charge < -0.3 is 30.9 Å². The summed E-state index contributed by atoms with van der Waals surface area (Å²) in [5, 5.41) is 39.4. The van der Waals surface area contributed by atoms with Gasteiger partial charge >= 0.3 is 0 Å². The molecule has 0 saturated carbocycles. The van der Waals surface area contributed by atoms with Crippen LogP contribution in [-0.4, -0.2) is 76.6 Å². The van der Waals surface area contributed by atoms with E-state index in [-0.39, 0.29) is 17.0 Å². The maximum atomic E-state index is 15.3. The fraction of sp³-hybridized carbons (Fsp3) is 0.615. The molecule has 2 aromatic rings. The number of hydrogen-bond acceptors (Lipinski definition) is 9. The number of nitrogen functional groups attached to an aromatic ring is 1. The maximum Gasteiger partial charge on any atom is 0.181 e. The second-order valence-electron chi connectivity index (χ2n) is 5.87. The number of aliphatic hydroxyl groups excluding tert-OH is 4. The van der Waals surface area contributed by atoms with Crippen molar-refractivity contribution in [2.45, 2.75) is 43.2 Å². The first-order valence-electron chi connectivity index (χ1n) is 7.21. The minimum absolute atomic E-state index is 0.0762. The quantitative estimate of drug-likeness (QED) is 0.420. The lowest BCUT2D eigenvalue weighted by Gasteiger charge is -2.33. The highest BCUT2D eigenvalue weighted by Crippen LogP contribution is 2.39. The average Bonchev–Trinajstić information content (AvgIpc) is 2.96. The highest BCUT2D eigenvalue weighted by Gasteiger charge is 2.54. The molecule has 1 aliphatic rings. The van der Waals surface area contributed by atoms with Crippen LogP contribution in [0.15, 0.2) is 12.7 Å². The number of nitrogens with two attached hydrogens (primary N) is 1. The van der Waals surface area contributed by atoms with Crippen LogP contribution in [0.3, 0.4) is 0 Å². The van der Waals surface area contributed by atoms with Crippen LogP contribution in [-0.2, 0) is 4.74 Å². The molecule has 0 radical (unpaired) electrons. The number of rotatable bonds is 2. The van der Waals surface area contributed by atoms with Gasteiger partial charge in [-0.25, -0.2) is 19.3 Å². The van der Waals surface area contributed by atoms with Crippen LogP contribution in [0.25, 0.3) is 11.2 Å². The van der Waals surface area contributed by atoms with E-state index in [1.54, 1.807) is 0 Å². The monoisotopic (exact) mass is 343 g/mol. The van der Waals surface area contributed by atoms with Gasteiger partial charge in [-0.2, -0.15) is 0 Å². The topological polar surface area (TPSA) is 160 Å². The molecule has 0 aliphatic carbocycles. The second-order valence-corrected chi connectivity index (χ2v) is 5.87. The van der Waals surface area contributed by atoms with E-state index in [4.69, 9.17) is 10.5 Å². The molecule has 0 spiro atoms. The number of aromatic nitrogens is 4. The zero-order valence-electron chi connectivity index (χ0n) is 12.7. The molecule has 1 fully saturated rings. The van der Waals surface area contributed by atoms with E-state index in [0.717, 1.165) is 13.3 Å². The Bertz CT molecular complexity index is 741. The van der Waals surface area contributed by atoms with Crippen molar-refractivity contribution in [1.29, 1.82) is 0 Å². The molecule has 6 N–H and O–H groups in total. The molecule has 0 aromatic carbocycles. The van der Waals surface area contributed by atoms with Crippen LogP contribution in [0.1, 0.15) is 13.2 Å². The lowest BCUT2D eigenvalue weighted by atomic mass is 9.92. The standard InChI is InChI=1S/C13H18FN5O5/c1-13(14)9(23)8(22)7(21)5(2-20)24-12(13)19-4-18-6-10(15)16-3-17-11(6)19/h3-5,7-9,12,20-23H,2H2,1H3,(H2,15,16,17)/t5-,7-,8-,9-,12-,13-/m1/s1. The summed E-state index contributed by atoms with van der Waals surface area (Å²) in [7, 11) is 0. The number of fused-ring (bicyclic) bond motifs is 1. The average molecular weight is 343 g/mol. The van der Waals surface area contributed by atoms with Crippen molar-refractivity contribution >= 4 is 17.0 Å². The van der Waals surface area contributed by atoms with Gasteiger partial charge in [0.05, 0.1) is 12.9 Å². The van der Waals surface area contributed by atoms with Crippen molar-refractivity contribution in [2.24, 2.45) is 0 Å². The normalized spacial score (nSPS) is 37.5. The molecule has 6 atom stereocenters. The number of ether oxygens (including phenoxy) is 1. The summed E-state index contributed by atoms with van der Waals surface area (Å²) in [6, 6.07) is 0. The van der Waals surface area contributed by atoms with Crippen LogP contribution in [0.4, 0.5) is 10.2 Å². The van der Waals surface area contributed by atoms with Gasteiger partial charge in [-0.15, -0.1) is 0 Å². The Morgan fingerprint density at radius 2 is 2.00 bits per heavy atom. The van der Waals surface area contributed by atoms with E-state index in [1.165, 1.54) is 10.9 Å². The predicted octanol–water partition coefficient (Wildman–Crippen LogP) is -1.89. The Morgan fingerprint density at radius 1 is 1.29 bits per heavy atom. The van der Waals surface area contributed by atoms with E-state index in [0.29, 0.717) is 0 Å². The number of anilines is 1. The zero-order valence-corrected chi connectivity index (χ0v) is 12.7. The fourth-order valence-electron chi connectivity index (χ4n) is 2.80. The lowest BCUT2D eigenvalue weighted by Crippen LogP contribution is -2.51. The van der Waals surface area contributed by atoms with E-state index in [2.05, 4.69) is 15.0 Å². The summed E-state index contributed by atoms with van der Waals surface area (Å²) in [5.41, 5.74) is 3.51. The first-order valence-corrected chi connectivity index (χ1v) is 7.21. The van der Waals surface area contributed by atoms with Crippen molar-refractivity contribution < 1.29 is 29.6 Å². The molecule has 24 heavy (non-hydrogen) atoms. The highest BCUT2D eigenvalue weighted by atomic mass is 19.1. The van der Waals surface area contributed by atoms with Crippen LogP contribution in [0, 0.1) is 0 Å². The van der Waals surface area contributed by atoms with Gasteiger partial charge in [-0.3, -0.25) is 4.57 Å². The number of nitrogens with zero attached hydrogens (tertiary/aromatic N) is 4. The number of imidazole rings is 1. The second kappa shape index (κ2) is 5.86. The minimum Gasteiger partial charge on any atom is -0.394 e. The first-order chi connectivity index (χ1) is 11.3. The van der Waals surface area contributed by atoms with Gasteiger partial charge in [0, 0.05) is 0 Å². The van der Waals surface area contributed by atoms with Gasteiger partial charge in [0.25, 0.3) is 0 Å². The zero-order chi connectivity index (χ0) is 17.6. The van der Waals surface area contributed by atoms with Gasteiger partial charge in [0.1, 0.15) is 36.3 Å². The minimum atomic E-state index is -2.53. The molecule has 0 amide bonds. The summed E-state index contributed by atoms with van der Waals surface area (Å²) in [6.45, 7) is 0.315. The Morgan fingerprint density at radius 3 is 2.67 bits per heavy atom. The van der Waals surface area contributed by atoms with E-state index < -0.39 is 42.9 Å². The summed E-state index contributed by atoms with van der Waals surface area (Å²) in [4.78, 5) is 11.8. The van der Waals surface area contributed by atoms with E-state index in [9.17, 15) is 20.4 Å². The van der Waals surface area contributed by atoms with Crippen molar-refractivity contribution in [3.05, 3.63) is 12.7 Å². The van der Waals surface area contributed by atoms with E-state index >= 15 is 4.39 Å². The summed E-state index contributed by atoms with van der Waals surface area (Å²) >= 11 is 0. The molecule has 3 heterocycles. The molecular formula is C13H18FN5O5. The molecule has 0 bridgehead atoms. The molecule has 3 rings (SSSR count). The largest absolute Gasteiger partial charge is 0.394 e. The Labute approximate surface area is 135 Å². The molecule has 10 nitrogen and oxygen atoms in total. The van der Waals surface area contributed by atoms with Crippen molar-refractivity contribution in [3.63, 3.8) is 0 Å². The number of alkyl halides is 1. The summed E-state index contributed by atoms with van der Waals surface area (Å²) in [5.74, 6) is 0.0762. The molecule has 132 valence electrons. The third-order valence-corrected chi connectivity index (χ3v) is 4.24. The Kier molecular flexibility index (Phi) is 4.13. The van der Waals surface area contributed by atoms with Crippen molar-refractivity contribution in [2.75, 3.05) is 12.3 Å². The maximum absolute atomic E-state index is 15.3. The predicted molar refractivity (Wildman–Crippen MR) is 78.3 cm³/mol. The molecule has 1 aliphatic heterocycles. The molecule has 0 unspecified atom stereocenters. The van der Waals surface area contributed by atoms with Gasteiger partial charge in [0.2, 0.25) is 0 Å². The summed E-state index contributed by atoms with van der Waals surface area (Å²) in [6.07, 6.45) is -6.01. The molecule has 2 aromatic heterocycles. The smallest absolute Gasteiger partial charge is 0.181 e. The van der Waals surface area contributed by atoms with Crippen LogP contribution < -0.4 is 5.73 Å². The number of hydrogen-bond donors (Lipinski definition) is 5. The van der Waals surface area contributed by atoms with Crippen molar-refractivity contribution in [3.8, 4) is 0 Å². The van der Waals surface area contributed by atoms with Gasteiger partial charge in [-0.1, -0.05) is 0 Å². The van der Waals surface area contributed by atoms with E-state index in [1.807, 2.05) is 0 Å². The van der Waals surface area contributed by atoms with Crippen LogP contribution in [0.5, 0.6) is 0 Å². The van der Waals surface area contributed by atoms with Crippen molar-refractivity contribution in [1.82, 2.24) is 19.5 Å². The SMILES string of the molecule is C[C@@]1(F)[C@H](O)[C@H](O)[C@H](O)[C@@H](CO)O[C@H]1n1cnc2c(N)ncnc21. The Hall–Kier alpha value is -1.92. The highest BCUT2D eigenvalue weighted by molar-refractivity contribution is 5.81. The first kappa shape index (κ1) is 16.9. The van der Waals surface area contributed by atoms with Gasteiger partial charge in [0.15, 0.2) is 23.4 Å². The Balaban J connectivity index is 2.14. The van der Waals surface area contributed by atoms with Gasteiger partial charge in [-0.05, 0) is 6.92 Å². The number of halogens is 1. The fourth-order valence-corrected chi connectivity index (χ4v) is 2.80. The van der Waals surface area contributed by atoms with Crippen LogP contribution in [0.2, 0.25) is 0 Å². The molecule has 11 heteroatoms.